The minimum atomic E-state index is -0.309. The monoisotopic (exact) mass is 412 g/mol. The van der Waals surface area contributed by atoms with Crippen LogP contribution in [0.15, 0.2) is 30.3 Å². The van der Waals surface area contributed by atoms with Gasteiger partial charge in [-0.2, -0.15) is 0 Å². The van der Waals surface area contributed by atoms with Gasteiger partial charge in [0.15, 0.2) is 23.0 Å². The van der Waals surface area contributed by atoms with Gasteiger partial charge >= 0.3 is 5.97 Å². The Kier molecular flexibility index (Phi) is 7.22. The van der Waals surface area contributed by atoms with E-state index in [-0.39, 0.29) is 12.4 Å². The summed E-state index contributed by atoms with van der Waals surface area (Å²) in [6.07, 6.45) is 2.01. The first-order chi connectivity index (χ1) is 14.6. The Bertz CT molecular complexity index is 932. The minimum absolute atomic E-state index is 0.187. The van der Waals surface area contributed by atoms with Crippen LogP contribution in [-0.4, -0.2) is 32.4 Å². The zero-order valence-corrected chi connectivity index (χ0v) is 17.9. The first kappa shape index (κ1) is 21.6. The lowest BCUT2D eigenvalue weighted by molar-refractivity contribution is -0.136. The molecule has 0 fully saturated rings. The Morgan fingerprint density at radius 1 is 0.800 bits per heavy atom. The Labute approximate surface area is 177 Å². The molecule has 0 atom stereocenters. The lowest BCUT2D eigenvalue weighted by Gasteiger charge is -2.22. The molecule has 0 amide bonds. The fourth-order valence-corrected chi connectivity index (χ4v) is 3.30. The first-order valence-electron chi connectivity index (χ1n) is 10.3. The number of benzene rings is 2. The second-order valence-corrected chi connectivity index (χ2v) is 6.55. The lowest BCUT2D eigenvalue weighted by atomic mass is 9.98. The van der Waals surface area contributed by atoms with Crippen molar-refractivity contribution < 1.29 is 28.5 Å². The fourth-order valence-electron chi connectivity index (χ4n) is 3.30. The van der Waals surface area contributed by atoms with Crippen LogP contribution in [0.3, 0.4) is 0 Å². The smallest absolute Gasteiger partial charge is 0.315 e. The van der Waals surface area contributed by atoms with Crippen LogP contribution >= 0.6 is 0 Å². The molecule has 0 aromatic heterocycles. The summed E-state index contributed by atoms with van der Waals surface area (Å²) in [5.41, 5.74) is 2.50. The lowest BCUT2D eigenvalue weighted by Crippen LogP contribution is -2.16. The van der Waals surface area contributed by atoms with E-state index in [1.54, 1.807) is 0 Å². The van der Waals surface area contributed by atoms with Crippen LogP contribution in [0, 0.1) is 0 Å². The van der Waals surface area contributed by atoms with Crippen LogP contribution in [-0.2, 0) is 16.0 Å². The summed E-state index contributed by atoms with van der Waals surface area (Å²) in [6, 6.07) is 9.38. The van der Waals surface area contributed by atoms with Gasteiger partial charge in [0.1, 0.15) is 5.76 Å². The predicted octanol–water partition coefficient (Wildman–Crippen LogP) is 4.88. The molecule has 0 spiro atoms. The van der Waals surface area contributed by atoms with E-state index in [2.05, 4.69) is 0 Å². The molecular formula is C24H28O6. The van der Waals surface area contributed by atoms with Gasteiger partial charge in [-0.05, 0) is 69.2 Å². The number of rotatable bonds is 9. The Hall–Kier alpha value is -3.15. The van der Waals surface area contributed by atoms with Crippen LogP contribution in [0.5, 0.6) is 23.0 Å². The highest BCUT2D eigenvalue weighted by atomic mass is 16.5. The van der Waals surface area contributed by atoms with Crippen LogP contribution < -0.4 is 18.9 Å². The van der Waals surface area contributed by atoms with Gasteiger partial charge in [0, 0.05) is 5.56 Å². The molecule has 0 radical (unpaired) electrons. The summed E-state index contributed by atoms with van der Waals surface area (Å²) < 4.78 is 28.4. The van der Waals surface area contributed by atoms with Gasteiger partial charge in [0.2, 0.25) is 0 Å². The van der Waals surface area contributed by atoms with Crippen LogP contribution in [0.2, 0.25) is 0 Å². The van der Waals surface area contributed by atoms with E-state index in [9.17, 15) is 4.79 Å². The standard InChI is InChI=1S/C24H28O6/c1-5-26-19-10-9-16(12-21(19)27-6-2)11-20-18-15-23(29-8-4)22(28-7-3)13-17(18)14-24(25)30-20/h9-13,15H,5-8,14H2,1-4H3. The van der Waals surface area contributed by atoms with Gasteiger partial charge in [0.25, 0.3) is 0 Å². The third-order valence-corrected chi connectivity index (χ3v) is 4.46. The van der Waals surface area contributed by atoms with Gasteiger partial charge in [0.05, 0.1) is 32.8 Å². The highest BCUT2D eigenvalue weighted by Crippen LogP contribution is 2.38. The van der Waals surface area contributed by atoms with E-state index >= 15 is 0 Å². The molecule has 1 aliphatic rings. The van der Waals surface area contributed by atoms with Crippen molar-refractivity contribution in [2.75, 3.05) is 26.4 Å². The Balaban J connectivity index is 2.05. The second kappa shape index (κ2) is 10.1. The fraction of sp³-hybridized carbons (Fsp3) is 0.375. The molecule has 160 valence electrons. The highest BCUT2D eigenvalue weighted by Gasteiger charge is 2.25. The molecule has 1 aliphatic heterocycles. The number of esters is 1. The van der Waals surface area contributed by atoms with Crippen molar-refractivity contribution in [3.05, 3.63) is 47.0 Å². The Morgan fingerprint density at radius 2 is 1.37 bits per heavy atom. The molecule has 0 unspecified atom stereocenters. The summed E-state index contributed by atoms with van der Waals surface area (Å²) in [5, 5.41) is 0. The van der Waals surface area contributed by atoms with Crippen molar-refractivity contribution >= 4 is 17.8 Å². The largest absolute Gasteiger partial charge is 0.490 e. The van der Waals surface area contributed by atoms with Crippen molar-refractivity contribution in [3.8, 4) is 23.0 Å². The van der Waals surface area contributed by atoms with Crippen molar-refractivity contribution in [2.24, 2.45) is 0 Å². The SMILES string of the molecule is CCOc1ccc(C=C2OC(=O)Cc3cc(OCC)c(OCC)cc32)cc1OCC. The number of carbonyl (C=O) groups excluding carboxylic acids is 1. The molecule has 6 heteroatoms. The van der Waals surface area contributed by atoms with E-state index in [1.165, 1.54) is 0 Å². The van der Waals surface area contributed by atoms with Gasteiger partial charge in [-0.15, -0.1) is 0 Å². The maximum Gasteiger partial charge on any atom is 0.315 e. The number of cyclic esters (lactones) is 1. The molecule has 3 rings (SSSR count). The van der Waals surface area contributed by atoms with Crippen LogP contribution in [0.4, 0.5) is 0 Å². The van der Waals surface area contributed by atoms with E-state index in [0.29, 0.717) is 55.2 Å². The third kappa shape index (κ3) is 4.87. The molecular weight excluding hydrogens is 384 g/mol. The molecule has 1 heterocycles. The molecule has 2 aromatic rings. The number of ether oxygens (including phenoxy) is 5. The zero-order valence-electron chi connectivity index (χ0n) is 17.9. The summed E-state index contributed by atoms with van der Waals surface area (Å²) in [6.45, 7) is 9.77. The normalized spacial score (nSPS) is 14.1. The number of hydrogen-bond donors (Lipinski definition) is 0. The predicted molar refractivity (Wildman–Crippen MR) is 115 cm³/mol. The average molecular weight is 412 g/mol. The van der Waals surface area contributed by atoms with Crippen molar-refractivity contribution in [3.63, 3.8) is 0 Å². The average Bonchev–Trinajstić information content (AvgIpc) is 2.71. The highest BCUT2D eigenvalue weighted by molar-refractivity contribution is 5.92. The summed E-state index contributed by atoms with van der Waals surface area (Å²) in [4.78, 5) is 12.2. The molecule has 0 saturated heterocycles. The number of carbonyl (C=O) groups is 1. The van der Waals surface area contributed by atoms with Crippen LogP contribution in [0.25, 0.3) is 11.8 Å². The second-order valence-electron chi connectivity index (χ2n) is 6.55. The van der Waals surface area contributed by atoms with Gasteiger partial charge in [-0.3, -0.25) is 4.79 Å². The van der Waals surface area contributed by atoms with E-state index in [1.807, 2.05) is 64.1 Å². The summed E-state index contributed by atoms with van der Waals surface area (Å²) in [7, 11) is 0. The summed E-state index contributed by atoms with van der Waals surface area (Å²) in [5.74, 6) is 2.75. The molecule has 30 heavy (non-hydrogen) atoms. The number of hydrogen-bond acceptors (Lipinski definition) is 6. The molecule has 0 saturated carbocycles. The molecule has 0 aliphatic carbocycles. The van der Waals surface area contributed by atoms with Crippen molar-refractivity contribution in [1.29, 1.82) is 0 Å². The van der Waals surface area contributed by atoms with Crippen molar-refractivity contribution in [1.82, 2.24) is 0 Å². The van der Waals surface area contributed by atoms with E-state index < -0.39 is 0 Å². The van der Waals surface area contributed by atoms with Gasteiger partial charge in [-0.25, -0.2) is 0 Å². The molecule has 0 N–H and O–H groups in total. The number of fused-ring (bicyclic) bond motifs is 1. The minimum Gasteiger partial charge on any atom is -0.490 e. The maximum absolute atomic E-state index is 12.2. The Morgan fingerprint density at radius 3 is 2.00 bits per heavy atom. The molecule has 0 bridgehead atoms. The topological polar surface area (TPSA) is 63.2 Å². The quantitative estimate of drug-likeness (QED) is 0.547. The van der Waals surface area contributed by atoms with E-state index in [0.717, 1.165) is 16.7 Å². The van der Waals surface area contributed by atoms with Gasteiger partial charge < -0.3 is 23.7 Å². The van der Waals surface area contributed by atoms with Crippen LogP contribution in [0.1, 0.15) is 44.4 Å². The molecule has 6 nitrogen and oxygen atoms in total. The first-order valence-corrected chi connectivity index (χ1v) is 10.3. The third-order valence-electron chi connectivity index (χ3n) is 4.46. The van der Waals surface area contributed by atoms with E-state index in [4.69, 9.17) is 23.7 Å². The van der Waals surface area contributed by atoms with Gasteiger partial charge in [-0.1, -0.05) is 6.07 Å². The van der Waals surface area contributed by atoms with Crippen molar-refractivity contribution in [2.45, 2.75) is 34.1 Å². The summed E-state index contributed by atoms with van der Waals surface area (Å²) >= 11 is 0. The maximum atomic E-state index is 12.2. The molecule has 2 aromatic carbocycles. The zero-order chi connectivity index (χ0) is 21.5.